The van der Waals surface area contributed by atoms with Gasteiger partial charge in [-0.3, -0.25) is 0 Å². The molecule has 1 heterocycles. The van der Waals surface area contributed by atoms with Crippen LogP contribution in [-0.4, -0.2) is 11.2 Å². The third kappa shape index (κ3) is 4.21. The quantitative estimate of drug-likeness (QED) is 0.621. The molecule has 1 saturated carbocycles. The monoisotopic (exact) mass is 330 g/mol. The van der Waals surface area contributed by atoms with Gasteiger partial charge < -0.3 is 0 Å². The second kappa shape index (κ2) is 6.80. The van der Waals surface area contributed by atoms with Crippen molar-refractivity contribution in [2.75, 3.05) is 0 Å². The normalized spacial score (nSPS) is 33.9. The van der Waals surface area contributed by atoms with E-state index in [9.17, 15) is 0 Å². The van der Waals surface area contributed by atoms with Crippen LogP contribution in [0.2, 0.25) is 0 Å². The van der Waals surface area contributed by atoms with Gasteiger partial charge in [-0.1, -0.05) is 57.5 Å². The molecule has 1 aliphatic heterocycles. The minimum Gasteiger partial charge on any atom is -0.230 e. The Kier molecular flexibility index (Phi) is 5.09. The summed E-state index contributed by atoms with van der Waals surface area (Å²) in [4.78, 5) is 12.0. The van der Waals surface area contributed by atoms with Gasteiger partial charge in [-0.05, 0) is 62.3 Å². The molecule has 3 atom stereocenters. The van der Waals surface area contributed by atoms with E-state index in [4.69, 9.17) is 9.78 Å². The molecule has 1 saturated heterocycles. The summed E-state index contributed by atoms with van der Waals surface area (Å²) in [6, 6.07) is 10.7. The fourth-order valence-electron chi connectivity index (χ4n) is 4.67. The zero-order valence-corrected chi connectivity index (χ0v) is 15.9. The zero-order valence-electron chi connectivity index (χ0n) is 15.9. The Morgan fingerprint density at radius 1 is 1.12 bits per heavy atom. The second-order valence-electron chi connectivity index (χ2n) is 9.47. The van der Waals surface area contributed by atoms with E-state index >= 15 is 0 Å². The minimum absolute atomic E-state index is 0.0301. The minimum atomic E-state index is -0.117. The van der Waals surface area contributed by atoms with Crippen LogP contribution in [0, 0.1) is 11.3 Å². The summed E-state index contributed by atoms with van der Waals surface area (Å²) in [5.74, 6) is 0.738. The summed E-state index contributed by atoms with van der Waals surface area (Å²) in [5.41, 5.74) is 1.63. The van der Waals surface area contributed by atoms with Crippen molar-refractivity contribution in [1.82, 2.24) is 0 Å². The molecule has 0 amide bonds. The average molecular weight is 331 g/mol. The topological polar surface area (TPSA) is 18.5 Å². The van der Waals surface area contributed by atoms with E-state index in [1.807, 2.05) is 0 Å². The van der Waals surface area contributed by atoms with E-state index < -0.39 is 0 Å². The predicted molar refractivity (Wildman–Crippen MR) is 98.7 cm³/mol. The number of rotatable bonds is 4. The van der Waals surface area contributed by atoms with Crippen molar-refractivity contribution >= 4 is 0 Å². The first kappa shape index (κ1) is 17.9. The number of hydrogen-bond acceptors (Lipinski definition) is 2. The van der Waals surface area contributed by atoms with Gasteiger partial charge in [0.05, 0.1) is 0 Å². The van der Waals surface area contributed by atoms with Crippen LogP contribution >= 0.6 is 0 Å². The fraction of sp³-hybridized carbons (Fsp3) is 0.727. The maximum Gasteiger partial charge on any atom is 0.107 e. The zero-order chi connectivity index (χ0) is 17.3. The van der Waals surface area contributed by atoms with Gasteiger partial charge in [0.25, 0.3) is 0 Å². The van der Waals surface area contributed by atoms with Crippen LogP contribution in [0.25, 0.3) is 0 Å². The lowest BCUT2D eigenvalue weighted by atomic mass is 9.65. The average Bonchev–Trinajstić information content (AvgIpc) is 2.84. The van der Waals surface area contributed by atoms with Gasteiger partial charge in [-0.25, -0.2) is 9.78 Å². The fourth-order valence-corrected chi connectivity index (χ4v) is 4.67. The number of benzene rings is 1. The molecule has 0 radical (unpaired) electrons. The lowest BCUT2D eigenvalue weighted by Gasteiger charge is -2.41. The Morgan fingerprint density at radius 3 is 2.58 bits per heavy atom. The van der Waals surface area contributed by atoms with E-state index in [2.05, 4.69) is 58.0 Å². The van der Waals surface area contributed by atoms with Crippen molar-refractivity contribution in [3.63, 3.8) is 0 Å². The van der Waals surface area contributed by atoms with Gasteiger partial charge in [-0.15, -0.1) is 0 Å². The van der Waals surface area contributed by atoms with Crippen molar-refractivity contribution < 1.29 is 9.78 Å². The molecule has 1 aromatic rings. The summed E-state index contributed by atoms with van der Waals surface area (Å²) in [6.45, 7) is 9.34. The summed E-state index contributed by atoms with van der Waals surface area (Å²) in [7, 11) is 0. The number of aryl methyl sites for hydroxylation is 1. The van der Waals surface area contributed by atoms with Gasteiger partial charge in [0.1, 0.15) is 11.2 Å². The van der Waals surface area contributed by atoms with E-state index in [0.717, 1.165) is 44.4 Å². The van der Waals surface area contributed by atoms with E-state index in [0.29, 0.717) is 5.41 Å². The summed E-state index contributed by atoms with van der Waals surface area (Å²) >= 11 is 0. The molecule has 1 aromatic carbocycles. The lowest BCUT2D eigenvalue weighted by molar-refractivity contribution is -0.355. The van der Waals surface area contributed by atoms with Crippen molar-refractivity contribution in [3.05, 3.63) is 35.9 Å². The molecule has 1 aliphatic carbocycles. The van der Waals surface area contributed by atoms with Crippen molar-refractivity contribution in [2.45, 2.75) is 90.3 Å². The SMILES string of the molecule is CC1(CCCc2ccccc2)CC2(CCCC(C(C)(C)C)C2)OO1. The highest BCUT2D eigenvalue weighted by atomic mass is 17.2. The molecule has 2 nitrogen and oxygen atoms in total. The first-order chi connectivity index (χ1) is 11.3. The van der Waals surface area contributed by atoms with Crippen molar-refractivity contribution in [3.8, 4) is 0 Å². The highest BCUT2D eigenvalue weighted by Gasteiger charge is 2.52. The molecule has 3 unspecified atom stereocenters. The Morgan fingerprint density at radius 2 is 1.88 bits per heavy atom. The maximum atomic E-state index is 6.03. The highest BCUT2D eigenvalue weighted by molar-refractivity contribution is 5.14. The maximum absolute atomic E-state index is 6.03. The van der Waals surface area contributed by atoms with Crippen LogP contribution < -0.4 is 0 Å². The standard InChI is InChI=1S/C22H34O2/c1-20(2,3)19-13-9-15-22(16-19)17-21(4,23-24-22)14-8-12-18-10-6-5-7-11-18/h5-7,10-11,19H,8-9,12-17H2,1-4H3. The van der Waals surface area contributed by atoms with Crippen LogP contribution in [0.15, 0.2) is 30.3 Å². The smallest absolute Gasteiger partial charge is 0.107 e. The largest absolute Gasteiger partial charge is 0.230 e. The predicted octanol–water partition coefficient (Wildman–Crippen LogP) is 6.10. The molecule has 1 spiro atoms. The molecular weight excluding hydrogens is 296 g/mol. The Labute approximate surface area is 147 Å². The molecule has 0 bridgehead atoms. The van der Waals surface area contributed by atoms with Gasteiger partial charge in [0, 0.05) is 6.42 Å². The van der Waals surface area contributed by atoms with Crippen LogP contribution in [-0.2, 0) is 16.2 Å². The summed E-state index contributed by atoms with van der Waals surface area (Å²) in [6.07, 6.45) is 9.33. The van der Waals surface area contributed by atoms with Crippen LogP contribution in [0.3, 0.4) is 0 Å². The lowest BCUT2D eigenvalue weighted by Crippen LogP contribution is -2.40. The molecule has 24 heavy (non-hydrogen) atoms. The molecule has 2 aliphatic rings. The molecule has 3 rings (SSSR count). The Bertz CT molecular complexity index is 533. The first-order valence-electron chi connectivity index (χ1n) is 9.71. The Balaban J connectivity index is 1.55. The summed E-state index contributed by atoms with van der Waals surface area (Å²) in [5, 5.41) is 0. The third-order valence-corrected chi connectivity index (χ3v) is 6.16. The van der Waals surface area contributed by atoms with Gasteiger partial charge in [0.2, 0.25) is 0 Å². The van der Waals surface area contributed by atoms with Crippen molar-refractivity contribution in [1.29, 1.82) is 0 Å². The van der Waals surface area contributed by atoms with Gasteiger partial charge in [-0.2, -0.15) is 0 Å². The van der Waals surface area contributed by atoms with E-state index in [1.165, 1.54) is 18.4 Å². The molecule has 0 N–H and O–H groups in total. The van der Waals surface area contributed by atoms with E-state index in [1.54, 1.807) is 0 Å². The van der Waals surface area contributed by atoms with Gasteiger partial charge >= 0.3 is 0 Å². The summed E-state index contributed by atoms with van der Waals surface area (Å²) < 4.78 is 0. The van der Waals surface area contributed by atoms with Crippen LogP contribution in [0.5, 0.6) is 0 Å². The second-order valence-corrected chi connectivity index (χ2v) is 9.47. The van der Waals surface area contributed by atoms with Crippen LogP contribution in [0.4, 0.5) is 0 Å². The molecule has 2 heteroatoms. The first-order valence-corrected chi connectivity index (χ1v) is 9.71. The van der Waals surface area contributed by atoms with E-state index in [-0.39, 0.29) is 11.2 Å². The molecule has 0 aromatic heterocycles. The number of hydrogen-bond donors (Lipinski definition) is 0. The Hall–Kier alpha value is -0.860. The van der Waals surface area contributed by atoms with Gasteiger partial charge in [0.15, 0.2) is 0 Å². The third-order valence-electron chi connectivity index (χ3n) is 6.16. The highest BCUT2D eigenvalue weighted by Crippen LogP contribution is 2.51. The van der Waals surface area contributed by atoms with Crippen molar-refractivity contribution in [2.24, 2.45) is 11.3 Å². The molecule has 2 fully saturated rings. The molecule has 134 valence electrons. The molecular formula is C22H34O2. The van der Waals surface area contributed by atoms with Crippen LogP contribution in [0.1, 0.15) is 78.2 Å².